The second-order valence-electron chi connectivity index (χ2n) is 3.69. The Morgan fingerprint density at radius 2 is 1.82 bits per heavy atom. The van der Waals surface area contributed by atoms with Gasteiger partial charge in [0.2, 0.25) is 5.43 Å². The van der Waals surface area contributed by atoms with Crippen molar-refractivity contribution in [1.82, 2.24) is 4.98 Å². The topological polar surface area (TPSA) is 43.1 Å². The first kappa shape index (κ1) is 9.78. The Morgan fingerprint density at radius 1 is 1.00 bits per heavy atom. The Balaban J connectivity index is 2.33. The van der Waals surface area contributed by atoms with Crippen LogP contribution in [0.25, 0.3) is 22.2 Å². The van der Waals surface area contributed by atoms with Gasteiger partial charge in [-0.3, -0.25) is 4.79 Å². The molecule has 0 saturated carbocycles. The molecule has 0 radical (unpaired) electrons. The van der Waals surface area contributed by atoms with Crippen LogP contribution in [0.3, 0.4) is 0 Å². The summed E-state index contributed by atoms with van der Waals surface area (Å²) in [6.07, 6.45) is 3.08. The third-order valence-electron chi connectivity index (χ3n) is 2.62. The minimum absolute atomic E-state index is 0.0990. The smallest absolute Gasteiger partial charge is 0.218 e. The summed E-state index contributed by atoms with van der Waals surface area (Å²) in [5.74, 6) is 0. The van der Waals surface area contributed by atoms with Crippen LogP contribution in [0.1, 0.15) is 0 Å². The van der Waals surface area contributed by atoms with Crippen molar-refractivity contribution in [2.24, 2.45) is 0 Å². The Morgan fingerprint density at radius 3 is 2.65 bits per heavy atom. The molecule has 3 rings (SSSR count). The van der Waals surface area contributed by atoms with Gasteiger partial charge in [-0.05, 0) is 17.7 Å². The van der Waals surface area contributed by atoms with Gasteiger partial charge < -0.3 is 4.42 Å². The molecule has 0 N–H and O–H groups in total. The van der Waals surface area contributed by atoms with Gasteiger partial charge in [0.1, 0.15) is 6.26 Å². The standard InChI is InChI=1S/C14H9NO2/c16-14-11(10-5-2-1-3-6-10)9-17-12-7-4-8-15-13(12)14/h1-9H. The first-order chi connectivity index (χ1) is 8.36. The molecule has 1 aromatic carbocycles. The zero-order valence-corrected chi connectivity index (χ0v) is 8.96. The van der Waals surface area contributed by atoms with Crippen molar-refractivity contribution in [3.05, 3.63) is 65.1 Å². The van der Waals surface area contributed by atoms with E-state index in [4.69, 9.17) is 4.42 Å². The van der Waals surface area contributed by atoms with Crippen LogP contribution in [-0.4, -0.2) is 4.98 Å². The van der Waals surface area contributed by atoms with Gasteiger partial charge in [-0.25, -0.2) is 4.98 Å². The van der Waals surface area contributed by atoms with E-state index < -0.39 is 0 Å². The van der Waals surface area contributed by atoms with Gasteiger partial charge >= 0.3 is 0 Å². The summed E-state index contributed by atoms with van der Waals surface area (Å²) >= 11 is 0. The van der Waals surface area contributed by atoms with Crippen LogP contribution in [0, 0.1) is 0 Å². The van der Waals surface area contributed by atoms with Crippen LogP contribution in [0.15, 0.2) is 64.1 Å². The lowest BCUT2D eigenvalue weighted by Gasteiger charge is -2.01. The lowest BCUT2D eigenvalue weighted by molar-refractivity contribution is 0.603. The molecule has 0 aliphatic heterocycles. The first-order valence-electron chi connectivity index (χ1n) is 5.28. The van der Waals surface area contributed by atoms with Crippen molar-refractivity contribution in [2.45, 2.75) is 0 Å². The molecule has 0 unspecified atom stereocenters. The first-order valence-corrected chi connectivity index (χ1v) is 5.28. The summed E-state index contributed by atoms with van der Waals surface area (Å²) in [7, 11) is 0. The molecule has 3 aromatic rings. The van der Waals surface area contributed by atoms with E-state index >= 15 is 0 Å². The van der Waals surface area contributed by atoms with Gasteiger partial charge in [-0.2, -0.15) is 0 Å². The van der Waals surface area contributed by atoms with Crippen LogP contribution in [-0.2, 0) is 0 Å². The summed E-state index contributed by atoms with van der Waals surface area (Å²) in [6.45, 7) is 0. The number of hydrogen-bond acceptors (Lipinski definition) is 3. The lowest BCUT2D eigenvalue weighted by Crippen LogP contribution is -2.05. The highest BCUT2D eigenvalue weighted by molar-refractivity contribution is 5.77. The van der Waals surface area contributed by atoms with Gasteiger partial charge in [-0.1, -0.05) is 30.3 Å². The third-order valence-corrected chi connectivity index (χ3v) is 2.62. The van der Waals surface area contributed by atoms with E-state index in [9.17, 15) is 4.79 Å². The number of hydrogen-bond donors (Lipinski definition) is 0. The predicted octanol–water partition coefficient (Wildman–Crippen LogP) is 2.86. The zero-order chi connectivity index (χ0) is 11.7. The Bertz CT molecular complexity index is 717. The summed E-state index contributed by atoms with van der Waals surface area (Å²) < 4.78 is 5.42. The molecule has 82 valence electrons. The van der Waals surface area contributed by atoms with Crippen LogP contribution in [0.2, 0.25) is 0 Å². The molecule has 0 aliphatic rings. The van der Waals surface area contributed by atoms with Gasteiger partial charge in [-0.15, -0.1) is 0 Å². The lowest BCUT2D eigenvalue weighted by atomic mass is 10.1. The Hall–Kier alpha value is -2.42. The number of pyridine rings is 1. The molecule has 0 amide bonds. The highest BCUT2D eigenvalue weighted by Crippen LogP contribution is 2.17. The minimum atomic E-state index is -0.0990. The summed E-state index contributed by atoms with van der Waals surface area (Å²) in [4.78, 5) is 16.3. The fourth-order valence-electron chi connectivity index (χ4n) is 1.78. The number of rotatable bonds is 1. The molecule has 0 spiro atoms. The SMILES string of the molecule is O=c1c(-c2ccccc2)coc2cccnc12. The predicted molar refractivity (Wildman–Crippen MR) is 65.7 cm³/mol. The third kappa shape index (κ3) is 1.61. The van der Waals surface area contributed by atoms with Crippen LogP contribution in [0.4, 0.5) is 0 Å². The fraction of sp³-hybridized carbons (Fsp3) is 0. The van der Waals surface area contributed by atoms with Crippen molar-refractivity contribution in [1.29, 1.82) is 0 Å². The van der Waals surface area contributed by atoms with Gasteiger partial charge in [0, 0.05) is 6.20 Å². The van der Waals surface area contributed by atoms with E-state index in [1.807, 2.05) is 30.3 Å². The van der Waals surface area contributed by atoms with Crippen molar-refractivity contribution >= 4 is 11.1 Å². The molecule has 2 aromatic heterocycles. The van der Waals surface area contributed by atoms with Gasteiger partial charge in [0.05, 0.1) is 5.56 Å². The number of benzene rings is 1. The summed E-state index contributed by atoms with van der Waals surface area (Å²) in [5, 5.41) is 0. The van der Waals surface area contributed by atoms with E-state index in [1.165, 1.54) is 6.26 Å². The quantitative estimate of drug-likeness (QED) is 0.637. The Kier molecular flexibility index (Phi) is 2.22. The highest BCUT2D eigenvalue weighted by Gasteiger charge is 2.08. The summed E-state index contributed by atoms with van der Waals surface area (Å²) in [5.41, 5.74) is 2.16. The molecule has 0 fully saturated rings. The molecule has 0 saturated heterocycles. The minimum Gasteiger partial charge on any atom is -0.462 e. The average molecular weight is 223 g/mol. The number of fused-ring (bicyclic) bond motifs is 1. The average Bonchev–Trinajstić information content (AvgIpc) is 2.40. The fourth-order valence-corrected chi connectivity index (χ4v) is 1.78. The van der Waals surface area contributed by atoms with Crippen LogP contribution >= 0.6 is 0 Å². The van der Waals surface area contributed by atoms with Crippen molar-refractivity contribution < 1.29 is 4.42 Å². The molecule has 3 heteroatoms. The highest BCUT2D eigenvalue weighted by atomic mass is 16.3. The normalized spacial score (nSPS) is 10.6. The Labute approximate surface area is 97.4 Å². The monoisotopic (exact) mass is 223 g/mol. The van der Waals surface area contributed by atoms with Gasteiger partial charge in [0.25, 0.3) is 0 Å². The van der Waals surface area contributed by atoms with Crippen molar-refractivity contribution in [3.8, 4) is 11.1 Å². The van der Waals surface area contributed by atoms with E-state index in [0.29, 0.717) is 16.7 Å². The molecule has 17 heavy (non-hydrogen) atoms. The molecular formula is C14H9NO2. The van der Waals surface area contributed by atoms with Crippen LogP contribution < -0.4 is 5.43 Å². The van der Waals surface area contributed by atoms with Gasteiger partial charge in [0.15, 0.2) is 11.1 Å². The maximum Gasteiger partial charge on any atom is 0.218 e. The zero-order valence-electron chi connectivity index (χ0n) is 8.96. The second-order valence-corrected chi connectivity index (χ2v) is 3.69. The molecule has 0 aliphatic carbocycles. The maximum absolute atomic E-state index is 12.2. The van der Waals surface area contributed by atoms with Crippen LogP contribution in [0.5, 0.6) is 0 Å². The van der Waals surface area contributed by atoms with Crippen molar-refractivity contribution in [2.75, 3.05) is 0 Å². The maximum atomic E-state index is 12.2. The van der Waals surface area contributed by atoms with Crippen molar-refractivity contribution in [3.63, 3.8) is 0 Å². The number of aromatic nitrogens is 1. The van der Waals surface area contributed by atoms with E-state index in [-0.39, 0.29) is 5.43 Å². The molecule has 3 nitrogen and oxygen atoms in total. The number of nitrogens with zero attached hydrogens (tertiary/aromatic N) is 1. The van der Waals surface area contributed by atoms with E-state index in [0.717, 1.165) is 5.56 Å². The van der Waals surface area contributed by atoms with E-state index in [1.54, 1.807) is 18.3 Å². The van der Waals surface area contributed by atoms with E-state index in [2.05, 4.69) is 4.98 Å². The second kappa shape index (κ2) is 3.87. The molecule has 0 atom stereocenters. The molecular weight excluding hydrogens is 214 g/mol. The summed E-state index contributed by atoms with van der Waals surface area (Å²) in [6, 6.07) is 12.9. The largest absolute Gasteiger partial charge is 0.462 e. The molecule has 0 bridgehead atoms. The molecule has 2 heterocycles.